The van der Waals surface area contributed by atoms with Gasteiger partial charge < -0.3 is 4.74 Å². The van der Waals surface area contributed by atoms with Crippen LogP contribution in [0.3, 0.4) is 0 Å². The van der Waals surface area contributed by atoms with Crippen LogP contribution in [0.1, 0.15) is 60.8 Å². The molecule has 0 spiro atoms. The van der Waals surface area contributed by atoms with Gasteiger partial charge in [-0.1, -0.05) is 66.2 Å². The minimum Gasteiger partial charge on any atom is -0.377 e. The van der Waals surface area contributed by atoms with E-state index in [1.807, 2.05) is 25.1 Å². The number of ether oxygens (including phenoxy) is 1. The first-order chi connectivity index (χ1) is 16.9. The third-order valence-electron chi connectivity index (χ3n) is 6.89. The first-order valence-corrected chi connectivity index (χ1v) is 12.2. The van der Waals surface area contributed by atoms with Gasteiger partial charge in [0, 0.05) is 23.3 Å². The molecule has 0 radical (unpaired) electrons. The number of benzene rings is 3. The molecule has 0 aromatic heterocycles. The molecular weight excluding hydrogens is 452 g/mol. The molecule has 0 aliphatic heterocycles. The molecule has 0 atom stereocenters. The summed E-state index contributed by atoms with van der Waals surface area (Å²) in [5.74, 6) is -3.21. The van der Waals surface area contributed by atoms with E-state index in [1.165, 1.54) is 0 Å². The molecule has 5 heteroatoms. The van der Waals surface area contributed by atoms with Crippen LogP contribution < -0.4 is 0 Å². The maximum Gasteiger partial charge on any atom is 0.167 e. The molecule has 3 aromatic rings. The predicted molar refractivity (Wildman–Crippen MR) is 132 cm³/mol. The van der Waals surface area contributed by atoms with Crippen molar-refractivity contribution in [2.24, 2.45) is 5.92 Å². The number of hydrogen-bond acceptors (Lipinski definition) is 1. The van der Waals surface area contributed by atoms with Crippen LogP contribution in [-0.2, 0) is 11.3 Å². The van der Waals surface area contributed by atoms with Gasteiger partial charge in [0.2, 0.25) is 0 Å². The van der Waals surface area contributed by atoms with E-state index in [0.717, 1.165) is 18.4 Å². The lowest BCUT2D eigenvalue weighted by molar-refractivity contribution is 0.131. The van der Waals surface area contributed by atoms with Crippen molar-refractivity contribution in [3.8, 4) is 11.1 Å². The number of aryl methyl sites for hydroxylation is 1. The molecule has 0 bridgehead atoms. The first-order valence-electron chi connectivity index (χ1n) is 12.2. The Morgan fingerprint density at radius 1 is 0.800 bits per heavy atom. The molecule has 1 saturated carbocycles. The van der Waals surface area contributed by atoms with Crippen LogP contribution in [0.5, 0.6) is 0 Å². The summed E-state index contributed by atoms with van der Waals surface area (Å²) >= 11 is 0. The average Bonchev–Trinajstić information content (AvgIpc) is 2.87. The lowest BCUT2D eigenvalue weighted by atomic mass is 9.78. The number of rotatable bonds is 7. The zero-order valence-corrected chi connectivity index (χ0v) is 20.1. The summed E-state index contributed by atoms with van der Waals surface area (Å²) in [6, 6.07) is 13.8. The van der Waals surface area contributed by atoms with Crippen molar-refractivity contribution in [2.75, 3.05) is 6.61 Å². The van der Waals surface area contributed by atoms with Gasteiger partial charge in [0.25, 0.3) is 0 Å². The summed E-state index contributed by atoms with van der Waals surface area (Å²) in [5, 5.41) is 0. The molecule has 1 fully saturated rings. The Balaban J connectivity index is 1.41. The molecule has 184 valence electrons. The van der Waals surface area contributed by atoms with Crippen molar-refractivity contribution in [1.82, 2.24) is 0 Å². The van der Waals surface area contributed by atoms with Gasteiger partial charge in [-0.15, -0.1) is 0 Å². The van der Waals surface area contributed by atoms with Gasteiger partial charge in [-0.25, -0.2) is 17.6 Å². The second-order valence-corrected chi connectivity index (χ2v) is 9.25. The Bertz CT molecular complexity index is 1190. The molecule has 1 aliphatic carbocycles. The predicted octanol–water partition coefficient (Wildman–Crippen LogP) is 8.74. The molecule has 0 saturated heterocycles. The Hall–Kier alpha value is -2.92. The summed E-state index contributed by atoms with van der Waals surface area (Å²) in [6.45, 7) is 4.24. The van der Waals surface area contributed by atoms with Crippen molar-refractivity contribution in [1.29, 1.82) is 0 Å². The highest BCUT2D eigenvalue weighted by Gasteiger charge is 2.25. The molecule has 0 N–H and O–H groups in total. The van der Waals surface area contributed by atoms with Crippen molar-refractivity contribution < 1.29 is 22.3 Å². The highest BCUT2D eigenvalue weighted by molar-refractivity contribution is 5.67. The summed E-state index contributed by atoms with van der Waals surface area (Å²) in [4.78, 5) is 0. The molecule has 3 aromatic carbocycles. The fraction of sp³-hybridized carbons (Fsp3) is 0.333. The Kier molecular flexibility index (Phi) is 8.07. The third-order valence-corrected chi connectivity index (χ3v) is 6.89. The average molecular weight is 483 g/mol. The van der Waals surface area contributed by atoms with Gasteiger partial charge in [0.1, 0.15) is 0 Å². The summed E-state index contributed by atoms with van der Waals surface area (Å²) in [5.41, 5.74) is 2.77. The lowest BCUT2D eigenvalue weighted by Gasteiger charge is -2.27. The van der Waals surface area contributed by atoms with E-state index in [1.54, 1.807) is 49.4 Å². The van der Waals surface area contributed by atoms with Gasteiger partial charge in [0.15, 0.2) is 23.3 Å². The van der Waals surface area contributed by atoms with Crippen molar-refractivity contribution >= 4 is 6.08 Å². The molecular formula is C30H30F4O. The SMILES string of the molecule is CCOCc1ccc(C2CCC(/C=C/c3ccc(-c4ccc(C)cc4)c(F)c3F)CC2)c(F)c1F. The van der Waals surface area contributed by atoms with Crippen LogP contribution in [-0.4, -0.2) is 6.61 Å². The lowest BCUT2D eigenvalue weighted by Crippen LogP contribution is -2.14. The van der Waals surface area contributed by atoms with E-state index < -0.39 is 23.3 Å². The van der Waals surface area contributed by atoms with Crippen LogP contribution in [0, 0.1) is 36.1 Å². The Morgan fingerprint density at radius 2 is 1.51 bits per heavy atom. The number of allylic oxidation sites excluding steroid dienone is 1. The van der Waals surface area contributed by atoms with Gasteiger partial charge in [0.05, 0.1) is 6.61 Å². The molecule has 4 rings (SSSR count). The molecule has 0 amide bonds. The van der Waals surface area contributed by atoms with Crippen molar-refractivity contribution in [2.45, 2.75) is 52.1 Å². The minimum absolute atomic E-state index is 0.0558. The van der Waals surface area contributed by atoms with Crippen LogP contribution in [0.15, 0.2) is 54.6 Å². The van der Waals surface area contributed by atoms with Crippen molar-refractivity contribution in [3.63, 3.8) is 0 Å². The first kappa shape index (κ1) is 25.2. The van der Waals surface area contributed by atoms with E-state index in [9.17, 15) is 17.6 Å². The van der Waals surface area contributed by atoms with Gasteiger partial charge in [-0.2, -0.15) is 0 Å². The zero-order chi connectivity index (χ0) is 24.9. The van der Waals surface area contributed by atoms with E-state index >= 15 is 0 Å². The van der Waals surface area contributed by atoms with Gasteiger partial charge in [-0.05, 0) is 62.5 Å². The smallest absolute Gasteiger partial charge is 0.167 e. The fourth-order valence-electron chi connectivity index (χ4n) is 4.75. The summed E-state index contributed by atoms with van der Waals surface area (Å²) in [6.07, 6.45) is 6.49. The second-order valence-electron chi connectivity index (χ2n) is 9.25. The number of halogens is 4. The third kappa shape index (κ3) is 5.67. The topological polar surface area (TPSA) is 9.23 Å². The highest BCUT2D eigenvalue weighted by Crippen LogP contribution is 2.38. The van der Waals surface area contributed by atoms with Crippen LogP contribution in [0.2, 0.25) is 0 Å². The maximum absolute atomic E-state index is 14.7. The monoisotopic (exact) mass is 482 g/mol. The van der Waals surface area contributed by atoms with E-state index in [2.05, 4.69) is 0 Å². The number of hydrogen-bond donors (Lipinski definition) is 0. The van der Waals surface area contributed by atoms with Crippen LogP contribution in [0.4, 0.5) is 17.6 Å². The van der Waals surface area contributed by atoms with Crippen LogP contribution >= 0.6 is 0 Å². The maximum atomic E-state index is 14.7. The van der Waals surface area contributed by atoms with Crippen molar-refractivity contribution in [3.05, 3.63) is 100 Å². The van der Waals surface area contributed by atoms with E-state index in [0.29, 0.717) is 30.6 Å². The Morgan fingerprint density at radius 3 is 2.20 bits per heavy atom. The normalized spacial score (nSPS) is 18.3. The fourth-order valence-corrected chi connectivity index (χ4v) is 4.75. The second kappa shape index (κ2) is 11.2. The largest absolute Gasteiger partial charge is 0.377 e. The standard InChI is InChI=1S/C30H30F4O/c1-3-35-18-24-15-17-26(30(34)28(24)32)22-11-6-20(7-12-22)8-13-23-14-16-25(29(33)27(23)31)21-9-4-19(2)5-10-21/h4-5,8-10,13-17,20,22H,3,6-7,11-12,18H2,1-2H3/b13-8+. The molecule has 0 heterocycles. The summed E-state index contributed by atoms with van der Waals surface area (Å²) in [7, 11) is 0. The zero-order valence-electron chi connectivity index (χ0n) is 20.1. The van der Waals surface area contributed by atoms with Gasteiger partial charge in [-0.3, -0.25) is 0 Å². The minimum atomic E-state index is -0.863. The molecule has 1 aliphatic rings. The highest BCUT2D eigenvalue weighted by atomic mass is 19.2. The summed E-state index contributed by atoms with van der Waals surface area (Å²) < 4.78 is 63.8. The quantitative estimate of drug-likeness (QED) is 0.306. The molecule has 1 nitrogen and oxygen atoms in total. The van der Waals surface area contributed by atoms with E-state index in [-0.39, 0.29) is 35.1 Å². The van der Waals surface area contributed by atoms with Crippen LogP contribution in [0.25, 0.3) is 17.2 Å². The van der Waals surface area contributed by atoms with E-state index in [4.69, 9.17) is 4.74 Å². The Labute approximate surface area is 204 Å². The van der Waals surface area contributed by atoms with Gasteiger partial charge >= 0.3 is 0 Å². The molecule has 35 heavy (non-hydrogen) atoms. The molecule has 0 unspecified atom stereocenters.